The second-order valence-electron chi connectivity index (χ2n) is 6.71. The minimum absolute atomic E-state index is 0.125. The fourth-order valence-electron chi connectivity index (χ4n) is 3.43. The number of carbonyl (C=O) groups is 1. The van der Waals surface area contributed by atoms with Crippen LogP contribution in [0.15, 0.2) is 30.3 Å². The largest absolute Gasteiger partial charge is 0.370 e. The molecule has 0 spiro atoms. The molecule has 0 atom stereocenters. The standard InChI is InChI=1S/C19H22N6O/c1-13-12-14(2)25-19(20-13)22-17(23-25)18(26)21-15-8-4-5-9-16(15)24-10-6-3-7-11-24/h4-5,8-9,12H,3,6-7,10-11H2,1-2H3,(H,21,26). The van der Waals surface area contributed by atoms with E-state index in [2.05, 4.69) is 25.3 Å². The van der Waals surface area contributed by atoms with Gasteiger partial charge >= 0.3 is 0 Å². The predicted molar refractivity (Wildman–Crippen MR) is 101 cm³/mol. The smallest absolute Gasteiger partial charge is 0.295 e. The average Bonchev–Trinajstić information content (AvgIpc) is 3.07. The fourth-order valence-corrected chi connectivity index (χ4v) is 3.43. The number of hydrogen-bond acceptors (Lipinski definition) is 5. The second kappa shape index (κ2) is 6.74. The average molecular weight is 350 g/mol. The van der Waals surface area contributed by atoms with Gasteiger partial charge in [-0.05, 0) is 51.3 Å². The maximum atomic E-state index is 12.7. The van der Waals surface area contributed by atoms with E-state index in [9.17, 15) is 4.79 Å². The van der Waals surface area contributed by atoms with Gasteiger partial charge in [-0.1, -0.05) is 12.1 Å². The number of amides is 1. The normalized spacial score (nSPS) is 14.6. The van der Waals surface area contributed by atoms with E-state index in [1.807, 2.05) is 44.2 Å². The lowest BCUT2D eigenvalue weighted by Crippen LogP contribution is -2.30. The molecule has 1 aliphatic heterocycles. The number of piperidine rings is 1. The molecule has 7 heteroatoms. The third kappa shape index (κ3) is 3.12. The van der Waals surface area contributed by atoms with Crippen LogP contribution < -0.4 is 10.2 Å². The monoisotopic (exact) mass is 350 g/mol. The van der Waals surface area contributed by atoms with E-state index in [4.69, 9.17) is 0 Å². The molecule has 2 aromatic heterocycles. The Morgan fingerprint density at radius 3 is 2.65 bits per heavy atom. The SMILES string of the molecule is Cc1cc(C)n2nc(C(=O)Nc3ccccc3N3CCCCC3)nc2n1. The Balaban J connectivity index is 1.62. The highest BCUT2D eigenvalue weighted by atomic mass is 16.2. The Labute approximate surface area is 152 Å². The minimum atomic E-state index is -0.322. The lowest BCUT2D eigenvalue weighted by Gasteiger charge is -2.30. The predicted octanol–water partition coefficient (Wildman–Crippen LogP) is 2.98. The summed E-state index contributed by atoms with van der Waals surface area (Å²) in [5, 5.41) is 7.28. The molecule has 0 bridgehead atoms. The van der Waals surface area contributed by atoms with Gasteiger partial charge in [-0.2, -0.15) is 4.98 Å². The van der Waals surface area contributed by atoms with Gasteiger partial charge < -0.3 is 10.2 Å². The fraction of sp³-hybridized carbons (Fsp3) is 0.368. The van der Waals surface area contributed by atoms with E-state index in [1.165, 1.54) is 19.3 Å². The Kier molecular flexibility index (Phi) is 4.28. The van der Waals surface area contributed by atoms with Crippen LogP contribution in [0.1, 0.15) is 41.3 Å². The summed E-state index contributed by atoms with van der Waals surface area (Å²) in [5.41, 5.74) is 3.59. The van der Waals surface area contributed by atoms with Gasteiger partial charge in [0.1, 0.15) is 0 Å². The van der Waals surface area contributed by atoms with Crippen LogP contribution in [-0.4, -0.2) is 38.6 Å². The molecular formula is C19H22N6O. The minimum Gasteiger partial charge on any atom is -0.370 e. The summed E-state index contributed by atoms with van der Waals surface area (Å²) in [6.07, 6.45) is 3.63. The van der Waals surface area contributed by atoms with Crippen LogP contribution in [0.2, 0.25) is 0 Å². The number of nitrogens with zero attached hydrogens (tertiary/aromatic N) is 5. The van der Waals surface area contributed by atoms with E-state index in [-0.39, 0.29) is 11.7 Å². The molecule has 1 fully saturated rings. The number of aromatic nitrogens is 4. The first-order valence-corrected chi connectivity index (χ1v) is 8.98. The van der Waals surface area contributed by atoms with Gasteiger partial charge in [0.25, 0.3) is 11.7 Å². The Bertz CT molecular complexity index is 958. The van der Waals surface area contributed by atoms with Crippen molar-refractivity contribution in [1.29, 1.82) is 0 Å². The molecule has 1 N–H and O–H groups in total. The zero-order valence-electron chi connectivity index (χ0n) is 15.1. The van der Waals surface area contributed by atoms with Crippen LogP contribution in [0.3, 0.4) is 0 Å². The molecule has 1 aromatic carbocycles. The lowest BCUT2D eigenvalue weighted by atomic mass is 10.1. The number of carbonyl (C=O) groups excluding carboxylic acids is 1. The molecule has 3 heterocycles. The maximum absolute atomic E-state index is 12.7. The summed E-state index contributed by atoms with van der Waals surface area (Å²) in [7, 11) is 0. The number of rotatable bonds is 3. The van der Waals surface area contributed by atoms with E-state index in [1.54, 1.807) is 4.52 Å². The zero-order valence-corrected chi connectivity index (χ0v) is 15.1. The first kappa shape index (κ1) is 16.5. The highest BCUT2D eigenvalue weighted by molar-refractivity contribution is 6.03. The van der Waals surface area contributed by atoms with Crippen molar-refractivity contribution >= 4 is 23.1 Å². The molecule has 7 nitrogen and oxygen atoms in total. The second-order valence-corrected chi connectivity index (χ2v) is 6.71. The van der Waals surface area contributed by atoms with Crippen LogP contribution in [0.5, 0.6) is 0 Å². The van der Waals surface area contributed by atoms with Crippen LogP contribution in [-0.2, 0) is 0 Å². The van der Waals surface area contributed by atoms with Crippen LogP contribution >= 0.6 is 0 Å². The number of nitrogens with one attached hydrogen (secondary N) is 1. The number of fused-ring (bicyclic) bond motifs is 1. The van der Waals surface area contributed by atoms with Gasteiger partial charge in [-0.15, -0.1) is 5.10 Å². The summed E-state index contributed by atoms with van der Waals surface area (Å²) < 4.78 is 1.60. The number of para-hydroxylation sites is 2. The summed E-state index contributed by atoms with van der Waals surface area (Å²) >= 11 is 0. The third-order valence-corrected chi connectivity index (χ3v) is 4.67. The lowest BCUT2D eigenvalue weighted by molar-refractivity contribution is 0.101. The maximum Gasteiger partial charge on any atom is 0.295 e. The highest BCUT2D eigenvalue weighted by Gasteiger charge is 2.19. The third-order valence-electron chi connectivity index (χ3n) is 4.67. The highest BCUT2D eigenvalue weighted by Crippen LogP contribution is 2.28. The number of hydrogen-bond donors (Lipinski definition) is 1. The van der Waals surface area contributed by atoms with Crippen molar-refractivity contribution in [3.63, 3.8) is 0 Å². The molecule has 0 unspecified atom stereocenters. The molecular weight excluding hydrogens is 328 g/mol. The molecule has 1 aliphatic rings. The number of aryl methyl sites for hydroxylation is 2. The zero-order chi connectivity index (χ0) is 18.1. The molecule has 3 aromatic rings. The van der Waals surface area contributed by atoms with Gasteiger partial charge in [0.05, 0.1) is 11.4 Å². The van der Waals surface area contributed by atoms with Crippen LogP contribution in [0.25, 0.3) is 5.78 Å². The molecule has 134 valence electrons. The summed E-state index contributed by atoms with van der Waals surface area (Å²) in [6.45, 7) is 5.85. The first-order chi connectivity index (χ1) is 12.6. The summed E-state index contributed by atoms with van der Waals surface area (Å²) in [4.78, 5) is 23.7. The number of benzene rings is 1. The first-order valence-electron chi connectivity index (χ1n) is 8.98. The Hall–Kier alpha value is -2.96. The molecule has 0 aliphatic carbocycles. The van der Waals surface area contributed by atoms with Crippen molar-refractivity contribution < 1.29 is 4.79 Å². The number of anilines is 2. The van der Waals surface area contributed by atoms with Gasteiger partial charge in [0, 0.05) is 24.5 Å². The van der Waals surface area contributed by atoms with E-state index in [0.717, 1.165) is 35.9 Å². The molecule has 1 saturated heterocycles. The Morgan fingerprint density at radius 1 is 1.08 bits per heavy atom. The van der Waals surface area contributed by atoms with Crippen molar-refractivity contribution in [3.8, 4) is 0 Å². The van der Waals surface area contributed by atoms with E-state index >= 15 is 0 Å². The van der Waals surface area contributed by atoms with E-state index in [0.29, 0.717) is 5.78 Å². The Morgan fingerprint density at radius 2 is 1.85 bits per heavy atom. The molecule has 4 rings (SSSR count). The summed E-state index contributed by atoms with van der Waals surface area (Å²) in [6, 6.07) is 9.81. The van der Waals surface area contributed by atoms with Crippen molar-refractivity contribution in [2.45, 2.75) is 33.1 Å². The summed E-state index contributed by atoms with van der Waals surface area (Å²) in [5.74, 6) is 0.244. The van der Waals surface area contributed by atoms with Crippen LogP contribution in [0.4, 0.5) is 11.4 Å². The van der Waals surface area contributed by atoms with E-state index < -0.39 is 0 Å². The van der Waals surface area contributed by atoms with Crippen LogP contribution in [0, 0.1) is 13.8 Å². The molecule has 0 radical (unpaired) electrons. The van der Waals surface area contributed by atoms with Crippen molar-refractivity contribution in [2.24, 2.45) is 0 Å². The van der Waals surface area contributed by atoms with Crippen molar-refractivity contribution in [3.05, 3.63) is 47.5 Å². The van der Waals surface area contributed by atoms with Gasteiger partial charge in [-0.25, -0.2) is 9.50 Å². The van der Waals surface area contributed by atoms with Crippen molar-refractivity contribution in [2.75, 3.05) is 23.3 Å². The van der Waals surface area contributed by atoms with Crippen molar-refractivity contribution in [1.82, 2.24) is 19.6 Å². The molecule has 26 heavy (non-hydrogen) atoms. The molecule has 1 amide bonds. The van der Waals surface area contributed by atoms with Gasteiger partial charge in [-0.3, -0.25) is 4.79 Å². The van der Waals surface area contributed by atoms with Gasteiger partial charge in [0.2, 0.25) is 5.82 Å². The molecule has 0 saturated carbocycles. The quantitative estimate of drug-likeness (QED) is 0.786. The van der Waals surface area contributed by atoms with Gasteiger partial charge in [0.15, 0.2) is 0 Å². The topological polar surface area (TPSA) is 75.4 Å².